The Hall–Kier alpha value is -4.82. The van der Waals surface area contributed by atoms with Crippen LogP contribution in [0.5, 0.6) is 0 Å². The Kier molecular flexibility index (Phi) is 22.8. The first-order valence-electron chi connectivity index (χ1n) is 20.2. The minimum atomic E-state index is -1.28. The first-order valence-corrected chi connectivity index (χ1v) is 20.2. The van der Waals surface area contributed by atoms with Gasteiger partial charge < -0.3 is 45.8 Å². The lowest BCUT2D eigenvalue weighted by molar-refractivity contribution is -0.137. The lowest BCUT2D eigenvalue weighted by atomic mass is 9.83. The molecule has 5 amide bonds. The Morgan fingerprint density at radius 2 is 1.58 bits per heavy atom. The number of nitrogens with one attached hydrogen (secondary N) is 5. The quantitative estimate of drug-likeness (QED) is 0.0276. The fourth-order valence-corrected chi connectivity index (χ4v) is 6.90. The van der Waals surface area contributed by atoms with Crippen molar-refractivity contribution in [2.75, 3.05) is 20.6 Å². The number of benzene rings is 1. The van der Waals surface area contributed by atoms with Crippen LogP contribution in [0.4, 0.5) is 0 Å². The van der Waals surface area contributed by atoms with Crippen LogP contribution in [0, 0.1) is 5.92 Å². The zero-order valence-corrected chi connectivity index (χ0v) is 34.6. The highest BCUT2D eigenvalue weighted by Crippen LogP contribution is 2.27. The van der Waals surface area contributed by atoms with Crippen molar-refractivity contribution in [2.45, 2.75) is 135 Å². The third-order valence-electron chi connectivity index (χ3n) is 10.2. The van der Waals surface area contributed by atoms with Crippen LogP contribution in [0.3, 0.4) is 0 Å². The monoisotopic (exact) mass is 794 g/mol. The summed E-state index contributed by atoms with van der Waals surface area (Å²) in [5, 5.41) is 13.9. The van der Waals surface area contributed by atoms with Crippen molar-refractivity contribution in [2.24, 2.45) is 5.92 Å². The van der Waals surface area contributed by atoms with E-state index >= 15 is 0 Å². The van der Waals surface area contributed by atoms with Crippen molar-refractivity contribution in [1.29, 1.82) is 0 Å². The van der Waals surface area contributed by atoms with E-state index in [1.165, 1.54) is 4.90 Å². The largest absolute Gasteiger partial charge is 0.475 e. The van der Waals surface area contributed by atoms with Crippen LogP contribution in [0.1, 0.15) is 97.0 Å². The van der Waals surface area contributed by atoms with Crippen molar-refractivity contribution in [3.8, 4) is 0 Å². The van der Waals surface area contributed by atoms with Crippen molar-refractivity contribution in [1.82, 2.24) is 31.5 Å². The molecular formula is C43H66N6O8. The maximum absolute atomic E-state index is 14.1. The van der Waals surface area contributed by atoms with Gasteiger partial charge in [0.25, 0.3) is 5.91 Å². The van der Waals surface area contributed by atoms with Gasteiger partial charge in [-0.2, -0.15) is 0 Å². The van der Waals surface area contributed by atoms with E-state index < -0.39 is 48.3 Å². The van der Waals surface area contributed by atoms with Gasteiger partial charge in [-0.15, -0.1) is 13.2 Å². The summed E-state index contributed by atoms with van der Waals surface area (Å²) in [5.74, 6) is -1.68. The summed E-state index contributed by atoms with van der Waals surface area (Å²) >= 11 is 0. The van der Waals surface area contributed by atoms with Crippen LogP contribution >= 0.6 is 0 Å². The summed E-state index contributed by atoms with van der Waals surface area (Å²) in [6.07, 6.45) is 10.3. The molecule has 316 valence electrons. The summed E-state index contributed by atoms with van der Waals surface area (Å²) in [7, 11) is 3.29. The van der Waals surface area contributed by atoms with E-state index in [0.717, 1.165) is 44.0 Å². The van der Waals surface area contributed by atoms with Gasteiger partial charge in [0.05, 0.1) is 30.4 Å². The lowest BCUT2D eigenvalue weighted by Crippen LogP contribution is -2.61. The predicted molar refractivity (Wildman–Crippen MR) is 220 cm³/mol. The molecule has 2 rings (SSSR count). The molecule has 1 aliphatic carbocycles. The van der Waals surface area contributed by atoms with E-state index in [1.54, 1.807) is 40.1 Å². The average molecular weight is 795 g/mol. The molecule has 5 unspecified atom stereocenters. The molecule has 6 atom stereocenters. The molecule has 0 aliphatic heterocycles. The first-order chi connectivity index (χ1) is 27.4. The van der Waals surface area contributed by atoms with Crippen molar-refractivity contribution in [3.63, 3.8) is 0 Å². The Morgan fingerprint density at radius 1 is 0.912 bits per heavy atom. The summed E-state index contributed by atoms with van der Waals surface area (Å²) in [6, 6.07) is 5.69. The zero-order chi connectivity index (χ0) is 42.2. The van der Waals surface area contributed by atoms with Crippen LogP contribution in [0.15, 0.2) is 67.0 Å². The van der Waals surface area contributed by atoms with Gasteiger partial charge in [0.2, 0.25) is 24.1 Å². The van der Waals surface area contributed by atoms with Gasteiger partial charge in [-0.05, 0) is 70.9 Å². The van der Waals surface area contributed by atoms with Crippen molar-refractivity contribution >= 4 is 36.3 Å². The fraction of sp³-hybridized carbons (Fsp3) is 0.581. The van der Waals surface area contributed by atoms with Crippen LogP contribution < -0.4 is 26.6 Å². The van der Waals surface area contributed by atoms with Crippen molar-refractivity contribution < 1.29 is 38.2 Å². The number of carbonyl (C=O) groups is 6. The van der Waals surface area contributed by atoms with E-state index in [-0.39, 0.29) is 37.3 Å². The summed E-state index contributed by atoms with van der Waals surface area (Å²) in [4.78, 5) is 80.1. The normalized spacial score (nSPS) is 16.5. The molecule has 1 aliphatic rings. The molecule has 1 aromatic rings. The predicted octanol–water partition coefficient (Wildman–Crippen LogP) is 3.97. The minimum Gasteiger partial charge on any atom is -0.475 e. The molecule has 1 fully saturated rings. The van der Waals surface area contributed by atoms with Gasteiger partial charge in [-0.1, -0.05) is 75.1 Å². The summed E-state index contributed by atoms with van der Waals surface area (Å²) < 4.78 is 12.4. The van der Waals surface area contributed by atoms with Gasteiger partial charge in [0, 0.05) is 20.0 Å². The lowest BCUT2D eigenvalue weighted by Gasteiger charge is -2.31. The number of amides is 5. The average Bonchev–Trinajstić information content (AvgIpc) is 3.21. The molecule has 1 saturated carbocycles. The molecule has 5 N–H and O–H groups in total. The highest BCUT2D eigenvalue weighted by atomic mass is 16.5. The maximum Gasteiger partial charge on any atom is 0.253 e. The van der Waals surface area contributed by atoms with E-state index in [1.807, 2.05) is 37.3 Å². The number of allylic oxidation sites excluding steroid dienone is 3. The molecule has 0 heterocycles. The number of ether oxygens (including phenoxy) is 2. The van der Waals surface area contributed by atoms with Gasteiger partial charge in [-0.25, -0.2) is 0 Å². The standard InChI is InChI=1S/C43H66N6O8/c1-8-11-24-35(43(55)49(7)34(27-50)19-10-3)37(25-12-9-2)57-31(5)46-41(53)38(30(4)56-28-32-20-15-13-16-21-32)48-40(52)36(26-45-29-51)47-42(54)39(44-6)33-22-17-14-18-23-33/h8-9,13,15-16,20-21,27,29-31,33-34,36,38-39,44H,1-2,10-12,14,17-19,22-26,28H2,3-7H3,(H,45,51)(H,46,53)(H,47,54)(H,48,52)/b37-35-/t30?,31-,34?,36?,38?,39?/m0/s1. The van der Waals surface area contributed by atoms with Gasteiger partial charge >= 0.3 is 0 Å². The number of likely N-dealkylation sites (N-methyl/N-ethyl adjacent to an activating group) is 2. The Bertz CT molecular complexity index is 1480. The second-order valence-electron chi connectivity index (χ2n) is 14.5. The molecule has 0 bridgehead atoms. The summed E-state index contributed by atoms with van der Waals surface area (Å²) in [6.45, 7) is 12.7. The molecule has 0 radical (unpaired) electrons. The Balaban J connectivity index is 2.42. The van der Waals surface area contributed by atoms with Crippen molar-refractivity contribution in [3.05, 3.63) is 72.5 Å². The van der Waals surface area contributed by atoms with E-state index in [9.17, 15) is 28.8 Å². The van der Waals surface area contributed by atoms with Crippen LogP contribution in [0.2, 0.25) is 0 Å². The Labute approximate surface area is 339 Å². The van der Waals surface area contributed by atoms with Crippen LogP contribution in [-0.2, 0) is 44.8 Å². The SMILES string of the molecule is C=CCC/C(O[C@@H](C)NC(=O)C(NC(=O)C(CNC=O)NC(=O)C(NC)C1CCCCC1)C(C)OCc1ccccc1)=C(\CCC=C)C(=O)N(C)C(C=O)CCC. The summed E-state index contributed by atoms with van der Waals surface area (Å²) in [5.41, 5.74) is 1.20. The zero-order valence-electron chi connectivity index (χ0n) is 34.6. The molecule has 14 nitrogen and oxygen atoms in total. The Morgan fingerprint density at radius 3 is 2.18 bits per heavy atom. The molecule has 57 heavy (non-hydrogen) atoms. The minimum absolute atomic E-state index is 0.0964. The van der Waals surface area contributed by atoms with Gasteiger partial charge in [0.15, 0.2) is 6.23 Å². The number of carbonyl (C=O) groups excluding carboxylic acids is 6. The van der Waals surface area contributed by atoms with E-state index in [2.05, 4.69) is 39.7 Å². The number of hydrogen-bond donors (Lipinski definition) is 5. The highest BCUT2D eigenvalue weighted by Gasteiger charge is 2.35. The van der Waals surface area contributed by atoms with Gasteiger partial charge in [-0.3, -0.25) is 24.0 Å². The van der Waals surface area contributed by atoms with E-state index in [4.69, 9.17) is 9.47 Å². The fourth-order valence-electron chi connectivity index (χ4n) is 6.90. The molecule has 0 saturated heterocycles. The second kappa shape index (κ2) is 26.9. The number of hydrogen-bond acceptors (Lipinski definition) is 9. The van der Waals surface area contributed by atoms with E-state index in [0.29, 0.717) is 49.8 Å². The number of aldehydes is 1. The van der Waals surface area contributed by atoms with Crippen LogP contribution in [0.25, 0.3) is 0 Å². The number of rotatable bonds is 28. The third-order valence-corrected chi connectivity index (χ3v) is 10.2. The highest BCUT2D eigenvalue weighted by molar-refractivity contribution is 5.95. The molecule has 0 spiro atoms. The molecular weight excluding hydrogens is 729 g/mol. The maximum atomic E-state index is 14.1. The van der Waals surface area contributed by atoms with Crippen LogP contribution in [-0.4, -0.2) is 98.4 Å². The molecule has 0 aromatic heterocycles. The second-order valence-corrected chi connectivity index (χ2v) is 14.5. The molecule has 1 aromatic carbocycles. The third kappa shape index (κ3) is 16.3. The topological polar surface area (TPSA) is 184 Å². The molecule has 14 heteroatoms. The first kappa shape index (κ1) is 48.3. The smallest absolute Gasteiger partial charge is 0.253 e. The van der Waals surface area contributed by atoms with Gasteiger partial charge in [0.1, 0.15) is 24.1 Å². The number of nitrogens with zero attached hydrogens (tertiary/aromatic N) is 1.